The summed E-state index contributed by atoms with van der Waals surface area (Å²) in [5, 5.41) is 3.53. The largest absolute Gasteiger partial charge is 0.310 e. The van der Waals surface area contributed by atoms with Crippen molar-refractivity contribution in [2.75, 3.05) is 0 Å². The first-order chi connectivity index (χ1) is 9.20. The molecule has 0 spiro atoms. The van der Waals surface area contributed by atoms with Crippen molar-refractivity contribution in [3.8, 4) is 11.1 Å². The van der Waals surface area contributed by atoms with Crippen LogP contribution in [0.1, 0.15) is 29.5 Å². The third-order valence-electron chi connectivity index (χ3n) is 3.52. The fraction of sp³-hybridized carbons (Fsp3) is 0.353. The van der Waals surface area contributed by atoms with Crippen LogP contribution >= 0.6 is 0 Å². The lowest BCUT2D eigenvalue weighted by Crippen LogP contribution is -2.15. The molecule has 1 heterocycles. The smallest absolute Gasteiger partial charge is 0.0346 e. The van der Waals surface area contributed by atoms with Crippen LogP contribution in [0.15, 0.2) is 36.7 Å². The summed E-state index contributed by atoms with van der Waals surface area (Å²) >= 11 is 0. The average Bonchev–Trinajstić information content (AvgIpc) is 3.20. The lowest BCUT2D eigenvalue weighted by atomic mass is 10.0. The number of nitrogens with one attached hydrogen (secondary N) is 1. The second kappa shape index (κ2) is 5.14. The maximum Gasteiger partial charge on any atom is 0.0346 e. The Morgan fingerprint density at radius 3 is 2.42 bits per heavy atom. The van der Waals surface area contributed by atoms with E-state index in [4.69, 9.17) is 0 Å². The Kier molecular flexibility index (Phi) is 3.34. The van der Waals surface area contributed by atoms with Gasteiger partial charge >= 0.3 is 0 Å². The maximum atomic E-state index is 4.38. The molecular formula is C17H20N2. The normalized spacial score (nSPS) is 14.6. The third kappa shape index (κ3) is 3.21. The topological polar surface area (TPSA) is 24.9 Å². The van der Waals surface area contributed by atoms with Crippen molar-refractivity contribution in [1.82, 2.24) is 10.3 Å². The molecule has 2 nitrogen and oxygen atoms in total. The van der Waals surface area contributed by atoms with E-state index in [0.717, 1.165) is 12.6 Å². The summed E-state index contributed by atoms with van der Waals surface area (Å²) in [6.07, 6.45) is 6.56. The monoisotopic (exact) mass is 252 g/mol. The van der Waals surface area contributed by atoms with E-state index in [2.05, 4.69) is 48.4 Å². The molecular weight excluding hydrogens is 232 g/mol. The minimum atomic E-state index is 0.741. The number of benzene rings is 1. The van der Waals surface area contributed by atoms with Crippen molar-refractivity contribution in [2.45, 2.75) is 39.3 Å². The van der Waals surface area contributed by atoms with Gasteiger partial charge in [-0.2, -0.15) is 0 Å². The molecule has 0 amide bonds. The number of aromatic nitrogens is 1. The molecule has 0 radical (unpaired) electrons. The van der Waals surface area contributed by atoms with E-state index < -0.39 is 0 Å². The summed E-state index contributed by atoms with van der Waals surface area (Å²) in [5.41, 5.74) is 6.34. The molecule has 0 saturated heterocycles. The minimum absolute atomic E-state index is 0.741. The van der Waals surface area contributed by atoms with Crippen LogP contribution in [0.2, 0.25) is 0 Å². The quantitative estimate of drug-likeness (QED) is 0.899. The van der Waals surface area contributed by atoms with Gasteiger partial charge in [-0.3, -0.25) is 4.98 Å². The molecule has 2 heteroatoms. The van der Waals surface area contributed by atoms with Gasteiger partial charge in [-0.1, -0.05) is 29.3 Å². The van der Waals surface area contributed by atoms with Crippen LogP contribution in [-0.4, -0.2) is 11.0 Å². The molecule has 1 aromatic carbocycles. The zero-order chi connectivity index (χ0) is 13.2. The first kappa shape index (κ1) is 12.4. The second-order valence-corrected chi connectivity index (χ2v) is 5.61. The van der Waals surface area contributed by atoms with Crippen molar-refractivity contribution < 1.29 is 0 Å². The van der Waals surface area contributed by atoms with Crippen molar-refractivity contribution in [1.29, 1.82) is 0 Å². The van der Waals surface area contributed by atoms with E-state index in [1.165, 1.54) is 40.7 Å². The molecule has 3 rings (SSSR count). The van der Waals surface area contributed by atoms with Gasteiger partial charge in [-0.25, -0.2) is 0 Å². The van der Waals surface area contributed by atoms with Crippen LogP contribution in [0.4, 0.5) is 0 Å². The first-order valence-corrected chi connectivity index (χ1v) is 6.97. The summed E-state index contributed by atoms with van der Waals surface area (Å²) in [7, 11) is 0. The van der Waals surface area contributed by atoms with Gasteiger partial charge in [0.2, 0.25) is 0 Å². The Bertz CT molecular complexity index is 565. The Morgan fingerprint density at radius 1 is 1.00 bits per heavy atom. The van der Waals surface area contributed by atoms with Gasteiger partial charge in [-0.05, 0) is 43.9 Å². The lowest BCUT2D eigenvalue weighted by Gasteiger charge is -2.08. The lowest BCUT2D eigenvalue weighted by molar-refractivity contribution is 0.686. The maximum absolute atomic E-state index is 4.38. The van der Waals surface area contributed by atoms with Crippen LogP contribution in [0.3, 0.4) is 0 Å². The summed E-state index contributed by atoms with van der Waals surface area (Å²) in [6.45, 7) is 5.21. The molecule has 0 unspecified atom stereocenters. The van der Waals surface area contributed by atoms with E-state index in [-0.39, 0.29) is 0 Å². The molecule has 0 atom stereocenters. The van der Waals surface area contributed by atoms with Crippen LogP contribution in [0.25, 0.3) is 11.1 Å². The number of aryl methyl sites for hydroxylation is 2. The summed E-state index contributed by atoms with van der Waals surface area (Å²) in [6, 6.07) is 9.64. The Morgan fingerprint density at radius 2 is 1.74 bits per heavy atom. The molecule has 19 heavy (non-hydrogen) atoms. The van der Waals surface area contributed by atoms with Crippen molar-refractivity contribution in [3.05, 3.63) is 53.3 Å². The molecule has 1 aliphatic carbocycles. The fourth-order valence-corrected chi connectivity index (χ4v) is 2.43. The highest BCUT2D eigenvalue weighted by Gasteiger charge is 2.19. The van der Waals surface area contributed by atoms with Gasteiger partial charge in [0, 0.05) is 30.5 Å². The SMILES string of the molecule is Cc1cc(C)cc(-c2cncc(CNC3CC3)c2)c1. The summed E-state index contributed by atoms with van der Waals surface area (Å²) in [5.74, 6) is 0. The predicted molar refractivity (Wildman–Crippen MR) is 79.0 cm³/mol. The number of pyridine rings is 1. The van der Waals surface area contributed by atoms with Gasteiger partial charge in [0.25, 0.3) is 0 Å². The predicted octanol–water partition coefficient (Wildman–Crippen LogP) is 3.62. The molecule has 1 N–H and O–H groups in total. The van der Waals surface area contributed by atoms with Crippen LogP contribution in [0, 0.1) is 13.8 Å². The average molecular weight is 252 g/mol. The Hall–Kier alpha value is -1.67. The van der Waals surface area contributed by atoms with Gasteiger partial charge in [0.15, 0.2) is 0 Å². The van der Waals surface area contributed by atoms with E-state index >= 15 is 0 Å². The molecule has 1 aromatic heterocycles. The molecule has 1 saturated carbocycles. The summed E-state index contributed by atoms with van der Waals surface area (Å²) < 4.78 is 0. The van der Waals surface area contributed by atoms with E-state index in [9.17, 15) is 0 Å². The third-order valence-corrected chi connectivity index (χ3v) is 3.52. The zero-order valence-electron chi connectivity index (χ0n) is 11.6. The Labute approximate surface area is 114 Å². The van der Waals surface area contributed by atoms with Gasteiger partial charge in [-0.15, -0.1) is 0 Å². The molecule has 2 aromatic rings. The second-order valence-electron chi connectivity index (χ2n) is 5.61. The van der Waals surface area contributed by atoms with Crippen molar-refractivity contribution >= 4 is 0 Å². The van der Waals surface area contributed by atoms with Gasteiger partial charge in [0.05, 0.1) is 0 Å². The first-order valence-electron chi connectivity index (χ1n) is 6.97. The Balaban J connectivity index is 1.84. The number of hydrogen-bond acceptors (Lipinski definition) is 2. The highest BCUT2D eigenvalue weighted by Crippen LogP contribution is 2.23. The van der Waals surface area contributed by atoms with E-state index in [1.807, 2.05) is 12.4 Å². The van der Waals surface area contributed by atoms with Crippen LogP contribution in [0.5, 0.6) is 0 Å². The standard InChI is InChI=1S/C17H20N2/c1-12-5-13(2)7-15(6-12)16-8-14(9-18-11-16)10-19-17-3-4-17/h5-9,11,17,19H,3-4,10H2,1-2H3. The minimum Gasteiger partial charge on any atom is -0.310 e. The number of hydrogen-bond donors (Lipinski definition) is 1. The highest BCUT2D eigenvalue weighted by atomic mass is 14.9. The van der Waals surface area contributed by atoms with Gasteiger partial charge in [0.1, 0.15) is 0 Å². The van der Waals surface area contributed by atoms with E-state index in [1.54, 1.807) is 0 Å². The molecule has 98 valence electrons. The zero-order valence-corrected chi connectivity index (χ0v) is 11.6. The molecule has 1 fully saturated rings. The number of rotatable bonds is 4. The van der Waals surface area contributed by atoms with Crippen molar-refractivity contribution in [3.63, 3.8) is 0 Å². The molecule has 1 aliphatic rings. The van der Waals surface area contributed by atoms with Crippen molar-refractivity contribution in [2.24, 2.45) is 0 Å². The van der Waals surface area contributed by atoms with E-state index in [0.29, 0.717) is 0 Å². The summed E-state index contributed by atoms with van der Waals surface area (Å²) in [4.78, 5) is 4.38. The number of nitrogens with zero attached hydrogens (tertiary/aromatic N) is 1. The molecule has 0 aliphatic heterocycles. The van der Waals surface area contributed by atoms with Crippen LogP contribution in [-0.2, 0) is 6.54 Å². The van der Waals surface area contributed by atoms with Gasteiger partial charge < -0.3 is 5.32 Å². The van der Waals surface area contributed by atoms with Crippen LogP contribution < -0.4 is 5.32 Å². The fourth-order valence-electron chi connectivity index (χ4n) is 2.43. The highest BCUT2D eigenvalue weighted by molar-refractivity contribution is 5.64. The molecule has 0 bridgehead atoms.